The van der Waals surface area contributed by atoms with Crippen LogP contribution in [0.25, 0.3) is 16.6 Å². The molecule has 0 atom stereocenters. The Hall–Kier alpha value is -3.52. The SMILES string of the molecule is Cc1nc2ccccc2c(=O)n1-c1ccc(F)c(NS(=O)(=O)c2ccc3c(c2)CCCC3)c1. The van der Waals surface area contributed by atoms with E-state index in [2.05, 4.69) is 9.71 Å². The van der Waals surface area contributed by atoms with Crippen LogP contribution in [0.2, 0.25) is 0 Å². The average molecular weight is 464 g/mol. The number of nitrogens with zero attached hydrogens (tertiary/aromatic N) is 2. The lowest BCUT2D eigenvalue weighted by Gasteiger charge is -2.17. The molecule has 168 valence electrons. The van der Waals surface area contributed by atoms with Crippen molar-refractivity contribution in [3.63, 3.8) is 0 Å². The summed E-state index contributed by atoms with van der Waals surface area (Å²) in [4.78, 5) is 17.6. The van der Waals surface area contributed by atoms with Crippen molar-refractivity contribution in [3.05, 3.63) is 93.8 Å². The van der Waals surface area contributed by atoms with Crippen molar-refractivity contribution in [1.29, 1.82) is 0 Å². The van der Waals surface area contributed by atoms with Crippen LogP contribution in [0, 0.1) is 12.7 Å². The van der Waals surface area contributed by atoms with E-state index in [1.807, 2.05) is 6.07 Å². The Morgan fingerprint density at radius 1 is 0.970 bits per heavy atom. The van der Waals surface area contributed by atoms with Gasteiger partial charge in [-0.05, 0) is 86.2 Å². The molecule has 6 nitrogen and oxygen atoms in total. The maximum Gasteiger partial charge on any atom is 0.265 e. The molecule has 33 heavy (non-hydrogen) atoms. The summed E-state index contributed by atoms with van der Waals surface area (Å²) in [7, 11) is -4.02. The van der Waals surface area contributed by atoms with Gasteiger partial charge in [0.2, 0.25) is 0 Å². The molecule has 0 bridgehead atoms. The van der Waals surface area contributed by atoms with Crippen LogP contribution in [0.4, 0.5) is 10.1 Å². The number of aryl methyl sites for hydroxylation is 3. The van der Waals surface area contributed by atoms with Gasteiger partial charge < -0.3 is 0 Å². The Labute approximate surface area is 190 Å². The van der Waals surface area contributed by atoms with Crippen molar-refractivity contribution < 1.29 is 12.8 Å². The van der Waals surface area contributed by atoms with Gasteiger partial charge in [-0.2, -0.15) is 0 Å². The maximum atomic E-state index is 14.6. The van der Waals surface area contributed by atoms with Gasteiger partial charge in [0.25, 0.3) is 15.6 Å². The second-order valence-electron chi connectivity index (χ2n) is 8.22. The monoisotopic (exact) mass is 463 g/mol. The molecule has 1 heterocycles. The minimum absolute atomic E-state index is 0.0914. The molecule has 3 aromatic carbocycles. The van der Waals surface area contributed by atoms with E-state index >= 15 is 0 Å². The Morgan fingerprint density at radius 2 is 1.73 bits per heavy atom. The summed E-state index contributed by atoms with van der Waals surface area (Å²) in [5.41, 5.74) is 2.51. The van der Waals surface area contributed by atoms with Crippen molar-refractivity contribution >= 4 is 26.6 Å². The zero-order chi connectivity index (χ0) is 23.2. The molecular weight excluding hydrogens is 441 g/mol. The van der Waals surface area contributed by atoms with Crippen LogP contribution < -0.4 is 10.3 Å². The highest BCUT2D eigenvalue weighted by Crippen LogP contribution is 2.27. The molecule has 0 aliphatic heterocycles. The van der Waals surface area contributed by atoms with Crippen LogP contribution in [0.3, 0.4) is 0 Å². The quantitative estimate of drug-likeness (QED) is 0.483. The fraction of sp³-hybridized carbons (Fsp3) is 0.200. The number of hydrogen-bond donors (Lipinski definition) is 1. The van der Waals surface area contributed by atoms with Crippen molar-refractivity contribution in [2.24, 2.45) is 0 Å². The van der Waals surface area contributed by atoms with Crippen LogP contribution in [0.1, 0.15) is 29.8 Å². The smallest absolute Gasteiger partial charge is 0.265 e. The normalized spacial score (nSPS) is 13.6. The summed E-state index contributed by atoms with van der Waals surface area (Å²) < 4.78 is 44.4. The molecule has 8 heteroatoms. The number of sulfonamides is 1. The van der Waals surface area contributed by atoms with Crippen molar-refractivity contribution in [1.82, 2.24) is 9.55 Å². The van der Waals surface area contributed by atoms with E-state index in [0.29, 0.717) is 22.4 Å². The first-order valence-corrected chi connectivity index (χ1v) is 12.2. The number of hydrogen-bond acceptors (Lipinski definition) is 4. The second kappa shape index (κ2) is 8.12. The Kier molecular flexibility index (Phi) is 5.25. The van der Waals surface area contributed by atoms with Crippen molar-refractivity contribution in [2.75, 3.05) is 4.72 Å². The molecule has 1 aromatic heterocycles. The third kappa shape index (κ3) is 3.91. The fourth-order valence-electron chi connectivity index (χ4n) is 4.36. The first-order chi connectivity index (χ1) is 15.8. The number of anilines is 1. The van der Waals surface area contributed by atoms with Crippen LogP contribution >= 0.6 is 0 Å². The predicted octanol–water partition coefficient (Wildman–Crippen LogP) is 4.51. The van der Waals surface area contributed by atoms with Crippen LogP contribution in [0.15, 0.2) is 70.4 Å². The van der Waals surface area contributed by atoms with E-state index in [4.69, 9.17) is 0 Å². The minimum atomic E-state index is -4.02. The zero-order valence-corrected chi connectivity index (χ0v) is 18.8. The van der Waals surface area contributed by atoms with Crippen LogP contribution in [-0.4, -0.2) is 18.0 Å². The summed E-state index contributed by atoms with van der Waals surface area (Å²) in [6.07, 6.45) is 3.89. The number of benzene rings is 3. The molecule has 0 spiro atoms. The number of para-hydroxylation sites is 1. The van der Waals surface area contributed by atoms with Crippen molar-refractivity contribution in [3.8, 4) is 5.69 Å². The third-order valence-corrected chi connectivity index (χ3v) is 7.39. The van der Waals surface area contributed by atoms with Gasteiger partial charge >= 0.3 is 0 Å². The molecule has 0 amide bonds. The molecule has 4 aromatic rings. The average Bonchev–Trinajstić information content (AvgIpc) is 2.80. The highest BCUT2D eigenvalue weighted by molar-refractivity contribution is 7.92. The Bertz CT molecular complexity index is 1560. The number of nitrogens with one attached hydrogen (secondary N) is 1. The standard InChI is InChI=1S/C25H22FN3O3S/c1-16-27-23-9-5-4-8-21(23)25(30)29(16)19-11-13-22(26)24(15-19)28-33(31,32)20-12-10-17-6-2-3-7-18(17)14-20/h4-5,8-15,28H,2-3,6-7H2,1H3. The number of fused-ring (bicyclic) bond motifs is 2. The Balaban J connectivity index is 1.55. The zero-order valence-electron chi connectivity index (χ0n) is 18.0. The van der Waals surface area contributed by atoms with E-state index in [1.165, 1.54) is 16.7 Å². The van der Waals surface area contributed by atoms with Gasteiger partial charge in [0.15, 0.2) is 0 Å². The maximum absolute atomic E-state index is 14.6. The molecule has 1 aliphatic carbocycles. The largest absolute Gasteiger partial charge is 0.277 e. The molecule has 0 unspecified atom stereocenters. The van der Waals surface area contributed by atoms with Crippen molar-refractivity contribution in [2.45, 2.75) is 37.5 Å². The second-order valence-corrected chi connectivity index (χ2v) is 9.91. The predicted molar refractivity (Wildman–Crippen MR) is 126 cm³/mol. The third-order valence-electron chi connectivity index (χ3n) is 6.03. The van der Waals surface area contributed by atoms with Crippen LogP contribution in [0.5, 0.6) is 0 Å². The molecule has 5 rings (SSSR count). The summed E-state index contributed by atoms with van der Waals surface area (Å²) in [5, 5.41) is 0.420. The summed E-state index contributed by atoms with van der Waals surface area (Å²) >= 11 is 0. The van der Waals surface area contributed by atoms with Gasteiger partial charge in [-0.1, -0.05) is 18.2 Å². The number of halogens is 1. The van der Waals surface area contributed by atoms with Crippen LogP contribution in [-0.2, 0) is 22.9 Å². The summed E-state index contributed by atoms with van der Waals surface area (Å²) in [6, 6.07) is 15.9. The van der Waals surface area contributed by atoms with Gasteiger partial charge in [0, 0.05) is 0 Å². The number of aromatic nitrogens is 2. The summed E-state index contributed by atoms with van der Waals surface area (Å²) in [5.74, 6) is -0.325. The minimum Gasteiger partial charge on any atom is -0.277 e. The molecule has 0 radical (unpaired) electrons. The van der Waals surface area contributed by atoms with Gasteiger partial charge in [0.1, 0.15) is 11.6 Å². The molecule has 0 saturated heterocycles. The molecule has 1 N–H and O–H groups in total. The lowest BCUT2D eigenvalue weighted by atomic mass is 9.92. The topological polar surface area (TPSA) is 81.1 Å². The van der Waals surface area contributed by atoms with Gasteiger partial charge in [0.05, 0.1) is 27.2 Å². The molecular formula is C25H22FN3O3S. The lowest BCUT2D eigenvalue weighted by Crippen LogP contribution is -2.22. The van der Waals surface area contributed by atoms with Gasteiger partial charge in [-0.25, -0.2) is 17.8 Å². The van der Waals surface area contributed by atoms with Gasteiger partial charge in [-0.15, -0.1) is 0 Å². The summed E-state index contributed by atoms with van der Waals surface area (Å²) in [6.45, 7) is 1.67. The highest BCUT2D eigenvalue weighted by atomic mass is 32.2. The first kappa shape index (κ1) is 21.3. The van der Waals surface area contributed by atoms with E-state index in [0.717, 1.165) is 42.9 Å². The van der Waals surface area contributed by atoms with E-state index < -0.39 is 15.8 Å². The fourth-order valence-corrected chi connectivity index (χ4v) is 5.47. The van der Waals surface area contributed by atoms with E-state index in [-0.39, 0.29) is 16.1 Å². The molecule has 1 aliphatic rings. The molecule has 0 fully saturated rings. The van der Waals surface area contributed by atoms with E-state index in [9.17, 15) is 17.6 Å². The molecule has 0 saturated carbocycles. The Morgan fingerprint density at radius 3 is 2.55 bits per heavy atom. The highest BCUT2D eigenvalue weighted by Gasteiger charge is 2.20. The lowest BCUT2D eigenvalue weighted by molar-refractivity contribution is 0.597. The first-order valence-electron chi connectivity index (χ1n) is 10.8. The van der Waals surface area contributed by atoms with E-state index in [1.54, 1.807) is 43.3 Å². The number of rotatable bonds is 4. The van der Waals surface area contributed by atoms with Gasteiger partial charge in [-0.3, -0.25) is 14.1 Å².